The fraction of sp³-hybridized carbons (Fsp3) is 0.364. The molecule has 2 aromatic rings. The highest BCUT2D eigenvalue weighted by atomic mass is 35.5. The minimum Gasteiger partial charge on any atom is -0.441 e. The zero-order chi connectivity index (χ0) is 9.97. The Morgan fingerprint density at radius 2 is 2.20 bits per heavy atom. The van der Waals surface area contributed by atoms with Crippen molar-refractivity contribution in [1.82, 2.24) is 4.98 Å². The van der Waals surface area contributed by atoms with Gasteiger partial charge in [0.05, 0.1) is 0 Å². The van der Waals surface area contributed by atoms with E-state index in [1.54, 1.807) is 0 Å². The first-order valence-electron chi connectivity index (χ1n) is 4.86. The molecule has 82 valence electrons. The maximum absolute atomic E-state index is 5.58. The van der Waals surface area contributed by atoms with Gasteiger partial charge in [-0.3, -0.25) is 0 Å². The summed E-state index contributed by atoms with van der Waals surface area (Å²) in [5.41, 5.74) is 8.42. The molecule has 0 saturated carbocycles. The van der Waals surface area contributed by atoms with Gasteiger partial charge in [-0.25, -0.2) is 4.98 Å². The van der Waals surface area contributed by atoms with Crippen LogP contribution in [-0.4, -0.2) is 11.5 Å². The Labute approximate surface area is 95.1 Å². The Morgan fingerprint density at radius 1 is 1.40 bits per heavy atom. The molecule has 3 nitrogen and oxygen atoms in total. The average molecular weight is 227 g/mol. The molecule has 0 saturated heterocycles. The fourth-order valence-corrected chi connectivity index (χ4v) is 1.44. The number of hydrogen-bond donors (Lipinski definition) is 1. The Bertz CT molecular complexity index is 439. The van der Waals surface area contributed by atoms with Crippen molar-refractivity contribution in [1.29, 1.82) is 0 Å². The van der Waals surface area contributed by atoms with Crippen molar-refractivity contribution < 1.29 is 4.42 Å². The fourth-order valence-electron chi connectivity index (χ4n) is 1.44. The van der Waals surface area contributed by atoms with Crippen LogP contribution >= 0.6 is 12.4 Å². The first-order chi connectivity index (χ1) is 6.79. The second kappa shape index (κ2) is 5.14. The van der Waals surface area contributed by atoms with Crippen LogP contribution < -0.4 is 5.73 Å². The van der Waals surface area contributed by atoms with Gasteiger partial charge in [-0.2, -0.15) is 0 Å². The number of benzene rings is 1. The largest absolute Gasteiger partial charge is 0.441 e. The minimum atomic E-state index is 0. The highest BCUT2D eigenvalue weighted by Crippen LogP contribution is 2.17. The van der Waals surface area contributed by atoms with Gasteiger partial charge in [-0.05, 0) is 37.6 Å². The lowest BCUT2D eigenvalue weighted by Gasteiger charge is -1.90. The molecule has 0 radical (unpaired) electrons. The Balaban J connectivity index is 0.00000112. The first kappa shape index (κ1) is 12.0. The average Bonchev–Trinajstić information content (AvgIpc) is 2.56. The van der Waals surface area contributed by atoms with Gasteiger partial charge in [0.15, 0.2) is 11.5 Å². The summed E-state index contributed by atoms with van der Waals surface area (Å²) in [5, 5.41) is 0. The lowest BCUT2D eigenvalue weighted by Crippen LogP contribution is -2.00. The highest BCUT2D eigenvalue weighted by Gasteiger charge is 2.04. The van der Waals surface area contributed by atoms with Gasteiger partial charge >= 0.3 is 0 Å². The van der Waals surface area contributed by atoms with E-state index in [1.165, 1.54) is 5.56 Å². The van der Waals surface area contributed by atoms with Crippen molar-refractivity contribution in [2.45, 2.75) is 19.8 Å². The van der Waals surface area contributed by atoms with Crippen LogP contribution in [0.15, 0.2) is 22.6 Å². The van der Waals surface area contributed by atoms with E-state index in [0.29, 0.717) is 6.54 Å². The summed E-state index contributed by atoms with van der Waals surface area (Å²) >= 11 is 0. The molecule has 1 aromatic carbocycles. The van der Waals surface area contributed by atoms with Gasteiger partial charge in [-0.1, -0.05) is 6.07 Å². The molecule has 2 rings (SSSR count). The number of oxazole rings is 1. The van der Waals surface area contributed by atoms with E-state index in [1.807, 2.05) is 25.1 Å². The zero-order valence-corrected chi connectivity index (χ0v) is 9.51. The summed E-state index contributed by atoms with van der Waals surface area (Å²) in [5.74, 6) is 0.788. The zero-order valence-electron chi connectivity index (χ0n) is 8.69. The van der Waals surface area contributed by atoms with Crippen molar-refractivity contribution in [2.24, 2.45) is 5.73 Å². The van der Waals surface area contributed by atoms with Crippen molar-refractivity contribution >= 4 is 23.5 Å². The van der Waals surface area contributed by atoms with Crippen molar-refractivity contribution in [2.75, 3.05) is 6.54 Å². The summed E-state index contributed by atoms with van der Waals surface area (Å²) < 4.78 is 5.58. The second-order valence-corrected chi connectivity index (χ2v) is 3.47. The van der Waals surface area contributed by atoms with Gasteiger partial charge in [0.2, 0.25) is 0 Å². The van der Waals surface area contributed by atoms with Crippen molar-refractivity contribution in [3.05, 3.63) is 29.7 Å². The number of hydrogen-bond acceptors (Lipinski definition) is 3. The number of rotatable bonds is 3. The molecule has 0 aliphatic carbocycles. The van der Waals surface area contributed by atoms with Gasteiger partial charge < -0.3 is 10.2 Å². The quantitative estimate of drug-likeness (QED) is 0.875. The van der Waals surface area contributed by atoms with E-state index in [9.17, 15) is 0 Å². The molecule has 0 amide bonds. The van der Waals surface area contributed by atoms with E-state index in [4.69, 9.17) is 10.2 Å². The third-order valence-electron chi connectivity index (χ3n) is 2.18. The topological polar surface area (TPSA) is 52.0 Å². The molecular formula is C11H15ClN2O. The predicted molar refractivity (Wildman–Crippen MR) is 63.4 cm³/mol. The number of nitrogens with two attached hydrogens (primary N) is 1. The van der Waals surface area contributed by atoms with Crippen molar-refractivity contribution in [3.63, 3.8) is 0 Å². The number of nitrogens with zero attached hydrogens (tertiary/aromatic N) is 1. The second-order valence-electron chi connectivity index (χ2n) is 3.47. The molecular weight excluding hydrogens is 212 g/mol. The van der Waals surface area contributed by atoms with Crippen LogP contribution in [0.25, 0.3) is 11.1 Å². The summed E-state index contributed by atoms with van der Waals surface area (Å²) in [6.45, 7) is 2.72. The third-order valence-corrected chi connectivity index (χ3v) is 2.18. The van der Waals surface area contributed by atoms with Gasteiger partial charge in [0.25, 0.3) is 0 Å². The van der Waals surface area contributed by atoms with Crippen LogP contribution in [-0.2, 0) is 6.42 Å². The maximum atomic E-state index is 5.58. The van der Waals surface area contributed by atoms with Gasteiger partial charge in [0, 0.05) is 6.42 Å². The molecule has 15 heavy (non-hydrogen) atoms. The van der Waals surface area contributed by atoms with Crippen molar-refractivity contribution in [3.8, 4) is 0 Å². The molecule has 1 heterocycles. The molecule has 0 atom stereocenters. The van der Waals surface area contributed by atoms with Crippen LogP contribution in [0.3, 0.4) is 0 Å². The maximum Gasteiger partial charge on any atom is 0.195 e. The minimum absolute atomic E-state index is 0. The third kappa shape index (κ3) is 2.70. The number of halogens is 1. The van der Waals surface area contributed by atoms with Crippen LogP contribution in [0, 0.1) is 6.92 Å². The van der Waals surface area contributed by atoms with E-state index in [2.05, 4.69) is 4.98 Å². The molecule has 0 unspecified atom stereocenters. The van der Waals surface area contributed by atoms with Crippen LogP contribution in [0.4, 0.5) is 0 Å². The Kier molecular flexibility index (Phi) is 4.12. The van der Waals surface area contributed by atoms with E-state index < -0.39 is 0 Å². The van der Waals surface area contributed by atoms with Crippen LogP contribution in [0.1, 0.15) is 17.9 Å². The molecule has 0 bridgehead atoms. The van der Waals surface area contributed by atoms with Crippen LogP contribution in [0.5, 0.6) is 0 Å². The Morgan fingerprint density at radius 3 is 2.93 bits per heavy atom. The summed E-state index contributed by atoms with van der Waals surface area (Å²) in [7, 11) is 0. The molecule has 0 aliphatic rings. The monoisotopic (exact) mass is 226 g/mol. The number of aromatic nitrogens is 1. The molecule has 2 N–H and O–H groups in total. The Hall–Kier alpha value is -1.06. The van der Waals surface area contributed by atoms with Gasteiger partial charge in [-0.15, -0.1) is 12.4 Å². The van der Waals surface area contributed by atoms with Crippen LogP contribution in [0.2, 0.25) is 0 Å². The molecule has 0 spiro atoms. The smallest absolute Gasteiger partial charge is 0.195 e. The lowest BCUT2D eigenvalue weighted by atomic mass is 10.2. The van der Waals surface area contributed by atoms with E-state index in [-0.39, 0.29) is 12.4 Å². The standard InChI is InChI=1S/C11H14N2O.ClH/c1-8-4-5-9-10(7-8)14-11(13-9)3-2-6-12;/h4-5,7H,2-3,6,12H2,1H3;1H. The highest BCUT2D eigenvalue weighted by molar-refractivity contribution is 5.85. The molecule has 4 heteroatoms. The number of fused-ring (bicyclic) bond motifs is 1. The molecule has 1 aromatic heterocycles. The summed E-state index contributed by atoms with van der Waals surface area (Å²) in [6, 6.07) is 6.03. The SMILES string of the molecule is Cc1ccc2nc(CCCN)oc2c1.Cl. The van der Waals surface area contributed by atoms with Gasteiger partial charge in [0.1, 0.15) is 5.52 Å². The van der Waals surface area contributed by atoms with E-state index >= 15 is 0 Å². The molecule has 0 fully saturated rings. The number of aryl methyl sites for hydroxylation is 2. The summed E-state index contributed by atoms with van der Waals surface area (Å²) in [4.78, 5) is 4.37. The van der Waals surface area contributed by atoms with E-state index in [0.717, 1.165) is 29.8 Å². The normalized spacial score (nSPS) is 10.3. The predicted octanol–water partition coefficient (Wildman–Crippen LogP) is 2.45. The summed E-state index contributed by atoms with van der Waals surface area (Å²) in [6.07, 6.45) is 1.75. The molecule has 0 aliphatic heterocycles. The lowest BCUT2D eigenvalue weighted by molar-refractivity contribution is 0.521. The first-order valence-corrected chi connectivity index (χ1v) is 4.86.